The molecule has 146 valence electrons. The number of hydrogen-bond acceptors (Lipinski definition) is 5. The average Bonchev–Trinajstić information content (AvgIpc) is 2.98. The molecule has 0 atom stereocenters. The molecule has 0 radical (unpaired) electrons. The van der Waals surface area contributed by atoms with Crippen molar-refractivity contribution in [3.8, 4) is 0 Å². The van der Waals surface area contributed by atoms with E-state index in [1.165, 1.54) is 6.33 Å². The number of nitrogens with zero attached hydrogens (tertiary/aromatic N) is 3. The molecule has 0 aliphatic carbocycles. The second kappa shape index (κ2) is 7.43. The number of carbonyl (C=O) groups excluding carboxylic acids is 1. The van der Waals surface area contributed by atoms with Gasteiger partial charge in [-0.1, -0.05) is 17.7 Å². The van der Waals surface area contributed by atoms with Crippen LogP contribution in [0.3, 0.4) is 0 Å². The van der Waals surface area contributed by atoms with Crippen molar-refractivity contribution >= 4 is 40.1 Å². The molecule has 4 rings (SSSR count). The van der Waals surface area contributed by atoms with Crippen LogP contribution in [0.5, 0.6) is 0 Å². The van der Waals surface area contributed by atoms with Crippen molar-refractivity contribution in [1.29, 1.82) is 0 Å². The van der Waals surface area contributed by atoms with Gasteiger partial charge >= 0.3 is 0 Å². The van der Waals surface area contributed by atoms with Gasteiger partial charge in [0.2, 0.25) is 11.6 Å². The molecule has 1 fully saturated rings. The lowest BCUT2D eigenvalue weighted by molar-refractivity contribution is -0.120. The number of benzene rings is 1. The van der Waals surface area contributed by atoms with E-state index in [9.17, 15) is 4.79 Å². The van der Waals surface area contributed by atoms with E-state index in [1.807, 2.05) is 39.0 Å². The zero-order valence-electron chi connectivity index (χ0n) is 16.3. The van der Waals surface area contributed by atoms with Crippen LogP contribution >= 0.6 is 11.6 Å². The van der Waals surface area contributed by atoms with Gasteiger partial charge in [-0.05, 0) is 51.3 Å². The largest absolute Gasteiger partial charge is 0.443 e. The van der Waals surface area contributed by atoms with Gasteiger partial charge in [0.1, 0.15) is 17.9 Å². The van der Waals surface area contributed by atoms with E-state index < -0.39 is 0 Å². The average molecular weight is 399 g/mol. The maximum atomic E-state index is 12.7. The molecular weight excluding hydrogens is 376 g/mol. The van der Waals surface area contributed by atoms with Crippen LogP contribution in [0.4, 0.5) is 11.5 Å². The van der Waals surface area contributed by atoms with Crippen molar-refractivity contribution in [2.45, 2.75) is 33.6 Å². The van der Waals surface area contributed by atoms with Crippen LogP contribution in [0.1, 0.15) is 29.7 Å². The summed E-state index contributed by atoms with van der Waals surface area (Å²) in [6.45, 7) is 7.46. The van der Waals surface area contributed by atoms with Crippen molar-refractivity contribution in [2.24, 2.45) is 5.92 Å². The molecule has 6 nitrogen and oxygen atoms in total. The van der Waals surface area contributed by atoms with Gasteiger partial charge in [0, 0.05) is 24.6 Å². The fourth-order valence-corrected chi connectivity index (χ4v) is 4.00. The molecule has 1 aromatic carbocycles. The first kappa shape index (κ1) is 18.7. The summed E-state index contributed by atoms with van der Waals surface area (Å²) in [4.78, 5) is 23.6. The standard InChI is InChI=1S/C21H23ClN4O2/c1-12-4-5-17(16(22)10-12)25-20(27)15-6-8-26(9-7-15)19-18-13(2)14(3)28-21(18)24-11-23-19/h4-5,10-11,15H,6-9H2,1-3H3,(H,25,27). The second-order valence-corrected chi connectivity index (χ2v) is 7.80. The summed E-state index contributed by atoms with van der Waals surface area (Å²) in [5.41, 5.74) is 3.42. The molecule has 3 aromatic rings. The van der Waals surface area contributed by atoms with Crippen molar-refractivity contribution < 1.29 is 9.21 Å². The van der Waals surface area contributed by atoms with Crippen LogP contribution in [-0.2, 0) is 4.79 Å². The van der Waals surface area contributed by atoms with E-state index in [1.54, 1.807) is 0 Å². The normalized spacial score (nSPS) is 15.2. The number of aryl methyl sites for hydroxylation is 3. The molecular formula is C21H23ClN4O2. The Balaban J connectivity index is 1.46. The maximum Gasteiger partial charge on any atom is 0.231 e. The van der Waals surface area contributed by atoms with Crippen molar-refractivity contribution in [1.82, 2.24) is 9.97 Å². The summed E-state index contributed by atoms with van der Waals surface area (Å²) < 4.78 is 5.72. The van der Waals surface area contributed by atoms with E-state index in [0.717, 1.165) is 54.0 Å². The van der Waals surface area contributed by atoms with Crippen molar-refractivity contribution in [3.05, 3.63) is 46.4 Å². The molecule has 7 heteroatoms. The number of anilines is 2. The molecule has 1 aliphatic heterocycles. The Kier molecular flexibility index (Phi) is 4.98. The first-order valence-corrected chi connectivity index (χ1v) is 9.84. The van der Waals surface area contributed by atoms with Crippen LogP contribution in [0, 0.1) is 26.7 Å². The summed E-state index contributed by atoms with van der Waals surface area (Å²) in [5.74, 6) is 1.73. The molecule has 1 saturated heterocycles. The van der Waals surface area contributed by atoms with Gasteiger partial charge in [-0.3, -0.25) is 4.79 Å². The Bertz CT molecular complexity index is 1040. The third-order valence-electron chi connectivity index (χ3n) is 5.49. The summed E-state index contributed by atoms with van der Waals surface area (Å²) in [6.07, 6.45) is 3.06. The molecule has 1 aliphatic rings. The molecule has 2 aromatic heterocycles. The van der Waals surface area contributed by atoms with Gasteiger partial charge < -0.3 is 14.6 Å². The summed E-state index contributed by atoms with van der Waals surface area (Å²) in [5, 5.41) is 4.51. The highest BCUT2D eigenvalue weighted by atomic mass is 35.5. The number of amides is 1. The first-order chi connectivity index (χ1) is 13.4. The zero-order chi connectivity index (χ0) is 19.8. The van der Waals surface area contributed by atoms with Crippen molar-refractivity contribution in [3.63, 3.8) is 0 Å². The Morgan fingerprint density at radius 3 is 2.68 bits per heavy atom. The van der Waals surface area contributed by atoms with Gasteiger partial charge in [-0.2, -0.15) is 0 Å². The smallest absolute Gasteiger partial charge is 0.231 e. The summed E-state index contributed by atoms with van der Waals surface area (Å²) in [6, 6.07) is 5.65. The Labute approximate surface area is 168 Å². The lowest BCUT2D eigenvalue weighted by Gasteiger charge is -2.32. The van der Waals surface area contributed by atoms with Crippen LogP contribution < -0.4 is 10.2 Å². The number of aromatic nitrogens is 2. The second-order valence-electron chi connectivity index (χ2n) is 7.39. The number of nitrogens with one attached hydrogen (secondary N) is 1. The van der Waals surface area contributed by atoms with E-state index >= 15 is 0 Å². The molecule has 1 amide bonds. The molecule has 0 unspecified atom stereocenters. The van der Waals surface area contributed by atoms with Gasteiger partial charge in [0.25, 0.3) is 0 Å². The monoisotopic (exact) mass is 398 g/mol. The number of carbonyl (C=O) groups is 1. The van der Waals surface area contributed by atoms with Gasteiger partial charge in [-0.25, -0.2) is 9.97 Å². The highest BCUT2D eigenvalue weighted by Crippen LogP contribution is 2.33. The zero-order valence-corrected chi connectivity index (χ0v) is 17.0. The number of piperidine rings is 1. The van der Waals surface area contributed by atoms with Crippen LogP contribution in [-0.4, -0.2) is 29.0 Å². The number of hydrogen-bond donors (Lipinski definition) is 1. The van der Waals surface area contributed by atoms with E-state index in [4.69, 9.17) is 16.0 Å². The fourth-order valence-electron chi connectivity index (χ4n) is 3.71. The minimum Gasteiger partial charge on any atom is -0.443 e. The van der Waals surface area contributed by atoms with Crippen molar-refractivity contribution in [2.75, 3.05) is 23.3 Å². The van der Waals surface area contributed by atoms with E-state index in [2.05, 4.69) is 20.2 Å². The lowest BCUT2D eigenvalue weighted by atomic mass is 9.95. The van der Waals surface area contributed by atoms with Gasteiger partial charge in [0.05, 0.1) is 16.1 Å². The minimum absolute atomic E-state index is 0.0218. The molecule has 3 heterocycles. The maximum absolute atomic E-state index is 12.7. The van der Waals surface area contributed by atoms with Gasteiger partial charge in [0.15, 0.2) is 0 Å². The quantitative estimate of drug-likeness (QED) is 0.694. The third kappa shape index (κ3) is 3.44. The number of furan rings is 1. The Hall–Kier alpha value is -2.60. The Morgan fingerprint density at radius 1 is 1.21 bits per heavy atom. The summed E-state index contributed by atoms with van der Waals surface area (Å²) in [7, 11) is 0. The Morgan fingerprint density at radius 2 is 1.96 bits per heavy atom. The highest BCUT2D eigenvalue weighted by molar-refractivity contribution is 6.33. The predicted octanol–water partition coefficient (Wildman–Crippen LogP) is 4.66. The molecule has 1 N–H and O–H groups in total. The van der Waals surface area contributed by atoms with Crippen LogP contribution in [0.15, 0.2) is 28.9 Å². The summed E-state index contributed by atoms with van der Waals surface area (Å²) >= 11 is 6.24. The minimum atomic E-state index is -0.0434. The molecule has 0 saturated carbocycles. The van der Waals surface area contributed by atoms with E-state index in [0.29, 0.717) is 16.4 Å². The highest BCUT2D eigenvalue weighted by Gasteiger charge is 2.28. The third-order valence-corrected chi connectivity index (χ3v) is 5.81. The SMILES string of the molecule is Cc1ccc(NC(=O)C2CCN(c3ncnc4oc(C)c(C)c34)CC2)c(Cl)c1. The molecule has 28 heavy (non-hydrogen) atoms. The topological polar surface area (TPSA) is 71.3 Å². The van der Waals surface area contributed by atoms with Crippen LogP contribution in [0.25, 0.3) is 11.1 Å². The predicted molar refractivity (Wildman–Crippen MR) is 111 cm³/mol. The first-order valence-electron chi connectivity index (χ1n) is 9.46. The van der Waals surface area contributed by atoms with Gasteiger partial charge in [-0.15, -0.1) is 0 Å². The molecule has 0 bridgehead atoms. The fraction of sp³-hybridized carbons (Fsp3) is 0.381. The number of halogens is 1. The van der Waals surface area contributed by atoms with E-state index in [-0.39, 0.29) is 11.8 Å². The lowest BCUT2D eigenvalue weighted by Crippen LogP contribution is -2.38. The number of rotatable bonds is 3. The number of fused-ring (bicyclic) bond motifs is 1. The molecule has 0 spiro atoms. The van der Waals surface area contributed by atoms with Crippen LogP contribution in [0.2, 0.25) is 5.02 Å².